The van der Waals surface area contributed by atoms with E-state index >= 15 is 0 Å². The molecule has 0 amide bonds. The van der Waals surface area contributed by atoms with Crippen LogP contribution in [0.1, 0.15) is 24.8 Å². The van der Waals surface area contributed by atoms with Gasteiger partial charge in [0.15, 0.2) is 0 Å². The molecule has 1 rings (SSSR count). The maximum Gasteiger partial charge on any atom is -0.00931 e. The predicted octanol–water partition coefficient (Wildman–Crippen LogP) is 3.24. The van der Waals surface area contributed by atoms with Gasteiger partial charge in [-0.3, -0.25) is 0 Å². The van der Waals surface area contributed by atoms with Gasteiger partial charge in [0.1, 0.15) is 0 Å². The fraction of sp³-hybridized carbons (Fsp3) is 0.273. The lowest BCUT2D eigenvalue weighted by molar-refractivity contribution is 0.835. The van der Waals surface area contributed by atoms with Crippen LogP contribution in [0.15, 0.2) is 30.3 Å². The molecule has 0 aliphatic heterocycles. The van der Waals surface area contributed by atoms with Crippen molar-refractivity contribution in [2.75, 3.05) is 0 Å². The van der Waals surface area contributed by atoms with Gasteiger partial charge in [-0.25, -0.2) is 0 Å². The molecule has 0 unspecified atom stereocenters. The van der Waals surface area contributed by atoms with Gasteiger partial charge in [0.05, 0.1) is 0 Å². The molecule has 1 aromatic rings. The minimum Gasteiger partial charge on any atom is -0.0622 e. The highest BCUT2D eigenvalue weighted by atomic mass is 13.9. The highest BCUT2D eigenvalue weighted by Gasteiger charge is 1.89. The Bertz CT molecular complexity index is 176. The Morgan fingerprint density at radius 3 is 2.55 bits per heavy atom. The van der Waals surface area contributed by atoms with E-state index in [-0.39, 0.29) is 0 Å². The third-order valence-corrected chi connectivity index (χ3v) is 1.63. The number of benzene rings is 1. The molecule has 0 N–H and O–H groups in total. The Kier molecular flexibility index (Phi) is 3.74. The standard InChI is InChI=1S/C11H14/c1-2-3-5-8-11-9-6-4-7-10-11/h4,6-10H,1-3,5H2. The number of hydrogen-bond donors (Lipinski definition) is 0. The lowest BCUT2D eigenvalue weighted by Gasteiger charge is -1.97. The van der Waals surface area contributed by atoms with E-state index in [0.29, 0.717) is 0 Å². The highest BCUT2D eigenvalue weighted by Crippen LogP contribution is 2.07. The monoisotopic (exact) mass is 146 g/mol. The van der Waals surface area contributed by atoms with Crippen LogP contribution in [0.2, 0.25) is 0 Å². The molecule has 0 aliphatic rings. The molecule has 0 nitrogen and oxygen atoms in total. The van der Waals surface area contributed by atoms with Crippen molar-refractivity contribution in [1.82, 2.24) is 0 Å². The van der Waals surface area contributed by atoms with E-state index in [0.717, 1.165) is 12.8 Å². The maximum atomic E-state index is 3.80. The predicted molar refractivity (Wildman–Crippen MR) is 49.1 cm³/mol. The first-order chi connectivity index (χ1) is 5.43. The minimum absolute atomic E-state index is 1.03. The normalized spacial score (nSPS) is 9.91. The fourth-order valence-electron chi connectivity index (χ4n) is 1.00. The molecule has 11 heavy (non-hydrogen) atoms. The van der Waals surface area contributed by atoms with Crippen molar-refractivity contribution in [1.29, 1.82) is 0 Å². The molecule has 0 heteroatoms. The van der Waals surface area contributed by atoms with Crippen LogP contribution in [0.3, 0.4) is 0 Å². The van der Waals surface area contributed by atoms with Crippen LogP contribution in [-0.2, 0) is 0 Å². The Morgan fingerprint density at radius 2 is 1.91 bits per heavy atom. The summed E-state index contributed by atoms with van der Waals surface area (Å²) >= 11 is 0. The van der Waals surface area contributed by atoms with Gasteiger partial charge in [0.2, 0.25) is 0 Å². The highest BCUT2D eigenvalue weighted by molar-refractivity contribution is 5.21. The van der Waals surface area contributed by atoms with Crippen molar-refractivity contribution in [3.05, 3.63) is 49.2 Å². The van der Waals surface area contributed by atoms with Crippen LogP contribution in [0, 0.1) is 13.3 Å². The summed E-state index contributed by atoms with van der Waals surface area (Å²) in [5.74, 6) is 0. The average molecular weight is 146 g/mol. The second kappa shape index (κ2) is 4.95. The Balaban J connectivity index is 2.28. The molecule has 0 saturated carbocycles. The zero-order valence-electron chi connectivity index (χ0n) is 6.79. The number of unbranched alkanes of at least 4 members (excludes halogenated alkanes) is 2. The second-order valence-electron chi connectivity index (χ2n) is 2.61. The Hall–Kier alpha value is -0.780. The van der Waals surface area contributed by atoms with E-state index in [1.807, 2.05) is 6.07 Å². The quantitative estimate of drug-likeness (QED) is 0.572. The van der Waals surface area contributed by atoms with E-state index < -0.39 is 0 Å². The molecular formula is C11H14. The van der Waals surface area contributed by atoms with Crippen molar-refractivity contribution in [3.63, 3.8) is 0 Å². The largest absolute Gasteiger partial charge is 0.0622 e. The van der Waals surface area contributed by atoms with Gasteiger partial charge < -0.3 is 0 Å². The summed E-state index contributed by atoms with van der Waals surface area (Å²) in [5.41, 5.74) is 1.32. The van der Waals surface area contributed by atoms with Gasteiger partial charge in [-0.15, -0.1) is 0 Å². The van der Waals surface area contributed by atoms with Crippen molar-refractivity contribution in [2.45, 2.75) is 19.3 Å². The fourth-order valence-corrected chi connectivity index (χ4v) is 1.00. The van der Waals surface area contributed by atoms with Crippen molar-refractivity contribution in [3.8, 4) is 0 Å². The molecule has 0 saturated heterocycles. The summed E-state index contributed by atoms with van der Waals surface area (Å²) in [7, 11) is 0. The van der Waals surface area contributed by atoms with Gasteiger partial charge in [0, 0.05) is 0 Å². The lowest BCUT2D eigenvalue weighted by atomic mass is 10.1. The second-order valence-corrected chi connectivity index (χ2v) is 2.61. The molecule has 0 spiro atoms. The summed E-state index contributed by atoms with van der Waals surface area (Å²) in [6.45, 7) is 3.80. The molecule has 0 aliphatic carbocycles. The first-order valence-electron chi connectivity index (χ1n) is 4.11. The van der Waals surface area contributed by atoms with Crippen LogP contribution in [0.25, 0.3) is 0 Å². The topological polar surface area (TPSA) is 0 Å². The molecule has 2 radical (unpaired) electrons. The van der Waals surface area contributed by atoms with Crippen molar-refractivity contribution in [2.24, 2.45) is 0 Å². The molecule has 0 aromatic heterocycles. The molecule has 0 atom stereocenters. The zero-order chi connectivity index (χ0) is 7.94. The van der Waals surface area contributed by atoms with Crippen molar-refractivity contribution >= 4 is 0 Å². The van der Waals surface area contributed by atoms with Crippen LogP contribution < -0.4 is 0 Å². The van der Waals surface area contributed by atoms with Gasteiger partial charge in [-0.05, 0) is 18.4 Å². The van der Waals surface area contributed by atoms with Gasteiger partial charge in [-0.1, -0.05) is 50.1 Å². The van der Waals surface area contributed by atoms with Gasteiger partial charge in [-0.2, -0.15) is 0 Å². The van der Waals surface area contributed by atoms with E-state index in [9.17, 15) is 0 Å². The molecule has 0 fully saturated rings. The third-order valence-electron chi connectivity index (χ3n) is 1.63. The number of hydrogen-bond acceptors (Lipinski definition) is 0. The first kappa shape index (κ1) is 8.32. The zero-order valence-corrected chi connectivity index (χ0v) is 6.79. The molecule has 0 bridgehead atoms. The third kappa shape index (κ3) is 3.22. The molecule has 1 aromatic carbocycles. The number of rotatable bonds is 4. The Morgan fingerprint density at radius 1 is 1.18 bits per heavy atom. The summed E-state index contributed by atoms with van der Waals surface area (Å²) in [6.07, 6.45) is 5.62. The van der Waals surface area contributed by atoms with E-state index in [1.54, 1.807) is 0 Å². The van der Waals surface area contributed by atoms with Crippen LogP contribution in [0.5, 0.6) is 0 Å². The average Bonchev–Trinajstić information content (AvgIpc) is 2.07. The lowest BCUT2D eigenvalue weighted by Crippen LogP contribution is -1.80. The smallest absolute Gasteiger partial charge is 0.00931 e. The van der Waals surface area contributed by atoms with Gasteiger partial charge >= 0.3 is 0 Å². The molecule has 0 heterocycles. The minimum atomic E-state index is 1.03. The summed E-state index contributed by atoms with van der Waals surface area (Å²) in [6, 6.07) is 10.4. The van der Waals surface area contributed by atoms with Crippen LogP contribution in [-0.4, -0.2) is 0 Å². The molecular weight excluding hydrogens is 132 g/mol. The summed E-state index contributed by atoms with van der Waals surface area (Å²) < 4.78 is 0. The SMILES string of the molecule is [CH2]CCC[CH]c1ccccc1. The van der Waals surface area contributed by atoms with Crippen molar-refractivity contribution < 1.29 is 0 Å². The molecule has 58 valence electrons. The van der Waals surface area contributed by atoms with Crippen LogP contribution >= 0.6 is 0 Å². The van der Waals surface area contributed by atoms with E-state index in [4.69, 9.17) is 0 Å². The van der Waals surface area contributed by atoms with Gasteiger partial charge in [0.25, 0.3) is 0 Å². The van der Waals surface area contributed by atoms with E-state index in [1.165, 1.54) is 12.0 Å². The maximum absolute atomic E-state index is 3.80. The first-order valence-corrected chi connectivity index (χ1v) is 4.11. The van der Waals surface area contributed by atoms with E-state index in [2.05, 4.69) is 37.6 Å². The van der Waals surface area contributed by atoms with Crippen LogP contribution in [0.4, 0.5) is 0 Å². The summed E-state index contributed by atoms with van der Waals surface area (Å²) in [5, 5.41) is 0. The summed E-state index contributed by atoms with van der Waals surface area (Å²) in [4.78, 5) is 0. The Labute approximate surface area is 69.3 Å².